The number of piperazine rings is 1. The summed E-state index contributed by atoms with van der Waals surface area (Å²) in [6, 6.07) is -0.402. The zero-order valence-electron chi connectivity index (χ0n) is 9.87. The molecule has 0 saturated carbocycles. The SMILES string of the molecule is NC(N)=NC1CCC2C(=O)N3CCC=C3C(=O)N12. The molecule has 2 unspecified atom stereocenters. The highest BCUT2D eigenvalue weighted by Gasteiger charge is 2.50. The highest BCUT2D eigenvalue weighted by atomic mass is 16.2. The van der Waals surface area contributed by atoms with Crippen LogP contribution in [-0.2, 0) is 9.59 Å². The van der Waals surface area contributed by atoms with Crippen LogP contribution in [0.2, 0.25) is 0 Å². The standard InChI is InChI=1S/C11H15N5O2/c12-11(13)14-8-4-3-7-9(17)15-5-1-2-6(15)10(18)16(7)8/h2,7-8H,1,3-5H2,(H4,12,13,14). The summed E-state index contributed by atoms with van der Waals surface area (Å²) in [7, 11) is 0. The first kappa shape index (κ1) is 11.1. The van der Waals surface area contributed by atoms with Crippen LogP contribution in [0.1, 0.15) is 19.3 Å². The second kappa shape index (κ2) is 3.72. The quantitative estimate of drug-likeness (QED) is 0.445. The summed E-state index contributed by atoms with van der Waals surface area (Å²) < 4.78 is 0. The fourth-order valence-corrected chi connectivity index (χ4v) is 2.92. The molecule has 0 aromatic carbocycles. The van der Waals surface area contributed by atoms with Crippen LogP contribution in [0.5, 0.6) is 0 Å². The summed E-state index contributed by atoms with van der Waals surface area (Å²) in [6.45, 7) is 0.608. The fraction of sp³-hybridized carbons (Fsp3) is 0.545. The van der Waals surface area contributed by atoms with Gasteiger partial charge < -0.3 is 21.3 Å². The van der Waals surface area contributed by atoms with Gasteiger partial charge in [-0.15, -0.1) is 0 Å². The third kappa shape index (κ3) is 1.40. The van der Waals surface area contributed by atoms with Crippen molar-refractivity contribution in [3.05, 3.63) is 11.8 Å². The molecule has 3 aliphatic heterocycles. The molecule has 7 nitrogen and oxygen atoms in total. The number of fused-ring (bicyclic) bond motifs is 2. The molecule has 2 fully saturated rings. The molecule has 3 heterocycles. The molecule has 2 amide bonds. The molecule has 0 aromatic heterocycles. The second-order valence-corrected chi connectivity index (χ2v) is 4.71. The fourth-order valence-electron chi connectivity index (χ4n) is 2.92. The first-order chi connectivity index (χ1) is 8.59. The number of amides is 2. The molecule has 4 N–H and O–H groups in total. The van der Waals surface area contributed by atoms with E-state index in [-0.39, 0.29) is 17.8 Å². The lowest BCUT2D eigenvalue weighted by Crippen LogP contribution is -2.56. The predicted octanol–water partition coefficient (Wildman–Crippen LogP) is -1.29. The Morgan fingerprint density at radius 2 is 2.11 bits per heavy atom. The molecule has 0 spiro atoms. The molecule has 96 valence electrons. The van der Waals surface area contributed by atoms with Crippen molar-refractivity contribution in [1.29, 1.82) is 0 Å². The van der Waals surface area contributed by atoms with Gasteiger partial charge in [0.05, 0.1) is 0 Å². The van der Waals surface area contributed by atoms with Crippen LogP contribution in [0.4, 0.5) is 0 Å². The molecule has 7 heteroatoms. The lowest BCUT2D eigenvalue weighted by molar-refractivity contribution is -0.149. The minimum absolute atomic E-state index is 0.00774. The lowest BCUT2D eigenvalue weighted by atomic mass is 10.1. The third-order valence-corrected chi connectivity index (χ3v) is 3.64. The van der Waals surface area contributed by atoms with Gasteiger partial charge in [-0.25, -0.2) is 4.99 Å². The monoisotopic (exact) mass is 249 g/mol. The number of hydrogen-bond acceptors (Lipinski definition) is 3. The number of carbonyl (C=O) groups is 2. The van der Waals surface area contributed by atoms with E-state index in [0.29, 0.717) is 25.1 Å². The van der Waals surface area contributed by atoms with E-state index in [4.69, 9.17) is 11.5 Å². The van der Waals surface area contributed by atoms with Gasteiger partial charge in [-0.1, -0.05) is 6.08 Å². The van der Waals surface area contributed by atoms with E-state index in [1.54, 1.807) is 11.0 Å². The maximum absolute atomic E-state index is 12.3. The Balaban J connectivity index is 1.96. The average Bonchev–Trinajstić information content (AvgIpc) is 2.91. The Kier molecular flexibility index (Phi) is 2.29. The van der Waals surface area contributed by atoms with Crippen molar-refractivity contribution in [2.24, 2.45) is 16.5 Å². The summed E-state index contributed by atoms with van der Waals surface area (Å²) in [6.07, 6.45) is 3.39. The number of hydrogen-bond donors (Lipinski definition) is 2. The van der Waals surface area contributed by atoms with Gasteiger partial charge in [-0.2, -0.15) is 0 Å². The van der Waals surface area contributed by atoms with Crippen molar-refractivity contribution in [2.75, 3.05) is 6.54 Å². The Morgan fingerprint density at radius 3 is 2.83 bits per heavy atom. The van der Waals surface area contributed by atoms with Crippen molar-refractivity contribution < 1.29 is 9.59 Å². The van der Waals surface area contributed by atoms with Gasteiger partial charge in [0.1, 0.15) is 17.9 Å². The number of carbonyl (C=O) groups excluding carboxylic acids is 2. The van der Waals surface area contributed by atoms with Gasteiger partial charge in [-0.3, -0.25) is 9.59 Å². The topological polar surface area (TPSA) is 105 Å². The summed E-state index contributed by atoms with van der Waals surface area (Å²) in [5, 5.41) is 0. The lowest BCUT2D eigenvalue weighted by Gasteiger charge is -2.37. The van der Waals surface area contributed by atoms with Crippen LogP contribution < -0.4 is 11.5 Å². The molecule has 0 radical (unpaired) electrons. The van der Waals surface area contributed by atoms with Gasteiger partial charge in [0, 0.05) is 6.54 Å². The minimum Gasteiger partial charge on any atom is -0.370 e. The highest BCUT2D eigenvalue weighted by molar-refractivity contribution is 6.05. The second-order valence-electron chi connectivity index (χ2n) is 4.71. The van der Waals surface area contributed by atoms with Gasteiger partial charge in [-0.05, 0) is 19.3 Å². The largest absolute Gasteiger partial charge is 0.370 e. The molecule has 2 saturated heterocycles. The summed E-state index contributed by atoms with van der Waals surface area (Å²) in [4.78, 5) is 31.7. The number of guanidine groups is 1. The number of rotatable bonds is 1. The van der Waals surface area contributed by atoms with Crippen LogP contribution in [0.15, 0.2) is 16.8 Å². The maximum atomic E-state index is 12.3. The first-order valence-corrected chi connectivity index (χ1v) is 6.02. The van der Waals surface area contributed by atoms with Crippen molar-refractivity contribution >= 4 is 17.8 Å². The molecule has 0 bridgehead atoms. The van der Waals surface area contributed by atoms with Gasteiger partial charge in [0.2, 0.25) is 5.91 Å². The van der Waals surface area contributed by atoms with Gasteiger partial charge in [0.25, 0.3) is 5.91 Å². The van der Waals surface area contributed by atoms with Crippen LogP contribution in [0.25, 0.3) is 0 Å². The number of nitrogens with zero attached hydrogens (tertiary/aromatic N) is 3. The Bertz CT molecular complexity index is 480. The van der Waals surface area contributed by atoms with Crippen molar-refractivity contribution in [2.45, 2.75) is 31.5 Å². The van der Waals surface area contributed by atoms with E-state index in [1.165, 1.54) is 4.90 Å². The molecule has 0 aliphatic carbocycles. The molecule has 2 atom stereocenters. The average molecular weight is 249 g/mol. The maximum Gasteiger partial charge on any atom is 0.272 e. The van der Waals surface area contributed by atoms with Crippen molar-refractivity contribution in [3.63, 3.8) is 0 Å². The summed E-state index contributed by atoms with van der Waals surface area (Å²) >= 11 is 0. The normalized spacial score (nSPS) is 30.1. The van der Waals surface area contributed by atoms with Crippen LogP contribution in [-0.4, -0.2) is 46.3 Å². The van der Waals surface area contributed by atoms with E-state index in [2.05, 4.69) is 4.99 Å². The molecule has 0 aromatic rings. The number of nitrogens with two attached hydrogens (primary N) is 2. The predicted molar refractivity (Wildman–Crippen MR) is 63.9 cm³/mol. The number of aliphatic imine (C=N–C) groups is 1. The van der Waals surface area contributed by atoms with Crippen LogP contribution >= 0.6 is 0 Å². The van der Waals surface area contributed by atoms with Crippen LogP contribution in [0, 0.1) is 0 Å². The zero-order chi connectivity index (χ0) is 12.9. The van der Waals surface area contributed by atoms with Crippen molar-refractivity contribution in [3.8, 4) is 0 Å². The Morgan fingerprint density at radius 1 is 1.33 bits per heavy atom. The van der Waals surface area contributed by atoms with E-state index < -0.39 is 12.2 Å². The van der Waals surface area contributed by atoms with Gasteiger partial charge in [0.15, 0.2) is 5.96 Å². The van der Waals surface area contributed by atoms with E-state index in [9.17, 15) is 9.59 Å². The van der Waals surface area contributed by atoms with E-state index in [1.807, 2.05) is 0 Å². The van der Waals surface area contributed by atoms with Crippen LogP contribution in [0.3, 0.4) is 0 Å². The molecule has 18 heavy (non-hydrogen) atoms. The van der Waals surface area contributed by atoms with E-state index in [0.717, 1.165) is 6.42 Å². The highest BCUT2D eigenvalue weighted by Crippen LogP contribution is 2.35. The van der Waals surface area contributed by atoms with Crippen molar-refractivity contribution in [1.82, 2.24) is 9.80 Å². The molecule has 3 aliphatic rings. The Labute approximate surface area is 104 Å². The summed E-state index contributed by atoms with van der Waals surface area (Å²) in [5.74, 6) is -0.194. The van der Waals surface area contributed by atoms with Gasteiger partial charge >= 0.3 is 0 Å². The zero-order valence-corrected chi connectivity index (χ0v) is 9.87. The smallest absolute Gasteiger partial charge is 0.272 e. The molecular weight excluding hydrogens is 234 g/mol. The Hall–Kier alpha value is -2.05. The molecular formula is C11H15N5O2. The first-order valence-electron chi connectivity index (χ1n) is 6.02. The third-order valence-electron chi connectivity index (χ3n) is 3.64. The molecule has 3 rings (SSSR count). The van der Waals surface area contributed by atoms with E-state index >= 15 is 0 Å². The summed E-state index contributed by atoms with van der Waals surface area (Å²) in [5.41, 5.74) is 11.2. The minimum atomic E-state index is -0.403.